The Labute approximate surface area is 141 Å². The van der Waals surface area contributed by atoms with Crippen LogP contribution in [0.5, 0.6) is 0 Å². The molecular weight excluding hydrogens is 368 g/mol. The van der Waals surface area contributed by atoms with E-state index in [2.05, 4.69) is 37.7 Å². The molecule has 3 heterocycles. The van der Waals surface area contributed by atoms with Crippen LogP contribution in [0.4, 0.5) is 0 Å². The molecule has 0 bridgehead atoms. The maximum Gasteiger partial charge on any atom is 0.264 e. The molecule has 1 aliphatic rings. The van der Waals surface area contributed by atoms with Gasteiger partial charge in [0, 0.05) is 32.7 Å². The number of carbonyl (C=O) groups excluding carboxylic acids is 1. The first-order valence-electron chi connectivity index (χ1n) is 6.92. The lowest BCUT2D eigenvalue weighted by molar-refractivity contribution is 0.0633. The minimum atomic E-state index is 0.170. The average Bonchev–Trinajstić information content (AvgIpc) is 3.10. The standard InChI is InChI=1S/C15H17BrN2OS2/c1-11-8-13(21-14(11)16)15(19)18-5-3-17(4-6-18)9-12-2-7-20-10-12/h2,7-8,10H,3-6,9H2,1H3. The van der Waals surface area contributed by atoms with Crippen LogP contribution in [0.2, 0.25) is 0 Å². The second-order valence-corrected chi connectivity index (χ2v) is 8.42. The maximum absolute atomic E-state index is 12.5. The summed E-state index contributed by atoms with van der Waals surface area (Å²) in [5, 5.41) is 4.32. The molecule has 1 fully saturated rings. The van der Waals surface area contributed by atoms with Crippen molar-refractivity contribution in [1.29, 1.82) is 0 Å². The van der Waals surface area contributed by atoms with Gasteiger partial charge in [0.25, 0.3) is 5.91 Å². The highest BCUT2D eigenvalue weighted by Crippen LogP contribution is 2.28. The summed E-state index contributed by atoms with van der Waals surface area (Å²) in [7, 11) is 0. The quantitative estimate of drug-likeness (QED) is 0.802. The second kappa shape index (κ2) is 6.60. The molecule has 1 saturated heterocycles. The van der Waals surface area contributed by atoms with Gasteiger partial charge >= 0.3 is 0 Å². The van der Waals surface area contributed by atoms with Crippen molar-refractivity contribution in [2.45, 2.75) is 13.5 Å². The lowest BCUT2D eigenvalue weighted by atomic mass is 10.2. The molecule has 0 atom stereocenters. The van der Waals surface area contributed by atoms with Gasteiger partial charge in [0.05, 0.1) is 8.66 Å². The van der Waals surface area contributed by atoms with E-state index in [-0.39, 0.29) is 5.91 Å². The first kappa shape index (κ1) is 15.2. The first-order valence-corrected chi connectivity index (χ1v) is 9.47. The molecule has 2 aromatic rings. The third-order valence-corrected chi connectivity index (χ3v) is 6.57. The molecule has 0 aromatic carbocycles. The molecule has 2 aromatic heterocycles. The molecule has 0 radical (unpaired) electrons. The van der Waals surface area contributed by atoms with Crippen molar-refractivity contribution in [3.8, 4) is 0 Å². The van der Waals surface area contributed by atoms with Crippen molar-refractivity contribution in [3.05, 3.63) is 42.7 Å². The lowest BCUT2D eigenvalue weighted by Crippen LogP contribution is -2.48. The summed E-state index contributed by atoms with van der Waals surface area (Å²) >= 11 is 6.77. The molecular formula is C15H17BrN2OS2. The molecule has 0 saturated carbocycles. The summed E-state index contributed by atoms with van der Waals surface area (Å²) in [6.07, 6.45) is 0. The Morgan fingerprint density at radius 2 is 2.10 bits per heavy atom. The number of thiophene rings is 2. The number of halogens is 1. The summed E-state index contributed by atoms with van der Waals surface area (Å²) in [5.41, 5.74) is 2.51. The minimum absolute atomic E-state index is 0.170. The summed E-state index contributed by atoms with van der Waals surface area (Å²) in [6, 6.07) is 4.16. The van der Waals surface area contributed by atoms with E-state index in [0.717, 1.165) is 47.0 Å². The minimum Gasteiger partial charge on any atom is -0.335 e. The Morgan fingerprint density at radius 1 is 1.33 bits per heavy atom. The zero-order valence-corrected chi connectivity index (χ0v) is 15.1. The summed E-state index contributed by atoms with van der Waals surface area (Å²) < 4.78 is 1.06. The van der Waals surface area contributed by atoms with Crippen LogP contribution in [0.25, 0.3) is 0 Å². The molecule has 3 rings (SSSR count). The fourth-order valence-corrected chi connectivity index (χ4v) is 4.63. The predicted octanol–water partition coefficient (Wildman–Crippen LogP) is 3.84. The van der Waals surface area contributed by atoms with Gasteiger partial charge in [-0.3, -0.25) is 9.69 Å². The van der Waals surface area contributed by atoms with Crippen molar-refractivity contribution in [1.82, 2.24) is 9.80 Å². The third-order valence-electron chi connectivity index (χ3n) is 3.71. The van der Waals surface area contributed by atoms with E-state index in [9.17, 15) is 4.79 Å². The van der Waals surface area contributed by atoms with Crippen LogP contribution in [0.1, 0.15) is 20.8 Å². The van der Waals surface area contributed by atoms with Crippen LogP contribution >= 0.6 is 38.6 Å². The molecule has 0 spiro atoms. The largest absolute Gasteiger partial charge is 0.335 e. The van der Waals surface area contributed by atoms with Crippen LogP contribution in [-0.2, 0) is 6.54 Å². The fraction of sp³-hybridized carbons (Fsp3) is 0.400. The van der Waals surface area contributed by atoms with Crippen molar-refractivity contribution < 1.29 is 4.79 Å². The van der Waals surface area contributed by atoms with Crippen LogP contribution in [0.3, 0.4) is 0 Å². The molecule has 0 N–H and O–H groups in total. The van der Waals surface area contributed by atoms with E-state index >= 15 is 0 Å². The summed E-state index contributed by atoms with van der Waals surface area (Å²) in [4.78, 5) is 17.7. The maximum atomic E-state index is 12.5. The van der Waals surface area contributed by atoms with Crippen LogP contribution < -0.4 is 0 Å². The number of amides is 1. The zero-order valence-electron chi connectivity index (χ0n) is 11.8. The second-order valence-electron chi connectivity index (χ2n) is 5.27. The fourth-order valence-electron chi connectivity index (χ4n) is 2.47. The van der Waals surface area contributed by atoms with Gasteiger partial charge in [-0.05, 0) is 56.9 Å². The SMILES string of the molecule is Cc1cc(C(=O)N2CCN(Cc3ccsc3)CC2)sc1Br. The van der Waals surface area contributed by atoms with Gasteiger partial charge in [0.2, 0.25) is 0 Å². The molecule has 3 nitrogen and oxygen atoms in total. The number of rotatable bonds is 3. The average molecular weight is 385 g/mol. The highest BCUT2D eigenvalue weighted by atomic mass is 79.9. The Morgan fingerprint density at radius 3 is 2.67 bits per heavy atom. The van der Waals surface area contributed by atoms with Crippen molar-refractivity contribution >= 4 is 44.5 Å². The van der Waals surface area contributed by atoms with E-state index < -0.39 is 0 Å². The molecule has 21 heavy (non-hydrogen) atoms. The predicted molar refractivity (Wildman–Crippen MR) is 92.3 cm³/mol. The van der Waals surface area contributed by atoms with Gasteiger partial charge in [-0.2, -0.15) is 11.3 Å². The van der Waals surface area contributed by atoms with Crippen LogP contribution in [0.15, 0.2) is 26.7 Å². The number of nitrogens with zero attached hydrogens (tertiary/aromatic N) is 2. The Hall–Kier alpha value is -0.690. The molecule has 1 aliphatic heterocycles. The van der Waals surface area contributed by atoms with E-state index in [1.54, 1.807) is 11.3 Å². The van der Waals surface area contributed by atoms with Gasteiger partial charge in [-0.15, -0.1) is 11.3 Å². The van der Waals surface area contributed by atoms with Crippen LogP contribution in [-0.4, -0.2) is 41.9 Å². The number of carbonyl (C=O) groups is 1. The number of piperazine rings is 1. The van der Waals surface area contributed by atoms with E-state index in [4.69, 9.17) is 0 Å². The van der Waals surface area contributed by atoms with E-state index in [1.807, 2.05) is 17.9 Å². The Bertz CT molecular complexity index is 596. The van der Waals surface area contributed by atoms with E-state index in [0.29, 0.717) is 0 Å². The highest BCUT2D eigenvalue weighted by molar-refractivity contribution is 9.11. The van der Waals surface area contributed by atoms with Crippen molar-refractivity contribution in [3.63, 3.8) is 0 Å². The molecule has 1 amide bonds. The van der Waals surface area contributed by atoms with Gasteiger partial charge in [0.15, 0.2) is 0 Å². The Kier molecular flexibility index (Phi) is 4.78. The molecule has 112 valence electrons. The number of hydrogen-bond acceptors (Lipinski definition) is 4. The summed E-state index contributed by atoms with van der Waals surface area (Å²) in [6.45, 7) is 6.56. The third kappa shape index (κ3) is 3.56. The monoisotopic (exact) mass is 384 g/mol. The van der Waals surface area contributed by atoms with Crippen molar-refractivity contribution in [2.75, 3.05) is 26.2 Å². The zero-order chi connectivity index (χ0) is 14.8. The summed E-state index contributed by atoms with van der Waals surface area (Å²) in [5.74, 6) is 0.170. The molecule has 0 unspecified atom stereocenters. The Balaban J connectivity index is 1.56. The number of hydrogen-bond donors (Lipinski definition) is 0. The van der Waals surface area contributed by atoms with Gasteiger partial charge < -0.3 is 4.90 Å². The van der Waals surface area contributed by atoms with Crippen molar-refractivity contribution in [2.24, 2.45) is 0 Å². The topological polar surface area (TPSA) is 23.6 Å². The van der Waals surface area contributed by atoms with Crippen LogP contribution in [0, 0.1) is 6.92 Å². The first-order chi connectivity index (χ1) is 10.1. The molecule has 0 aliphatic carbocycles. The van der Waals surface area contributed by atoms with Gasteiger partial charge in [-0.25, -0.2) is 0 Å². The smallest absolute Gasteiger partial charge is 0.264 e. The van der Waals surface area contributed by atoms with Gasteiger partial charge in [0.1, 0.15) is 0 Å². The van der Waals surface area contributed by atoms with E-state index in [1.165, 1.54) is 16.9 Å². The highest BCUT2D eigenvalue weighted by Gasteiger charge is 2.23. The molecule has 6 heteroatoms. The number of aryl methyl sites for hydroxylation is 1. The normalized spacial score (nSPS) is 16.4. The lowest BCUT2D eigenvalue weighted by Gasteiger charge is -2.34. The van der Waals surface area contributed by atoms with Gasteiger partial charge in [-0.1, -0.05) is 0 Å².